The molecule has 1 aromatic carbocycles. The van der Waals surface area contributed by atoms with Crippen molar-refractivity contribution in [2.45, 2.75) is 19.4 Å². The molecule has 0 spiro atoms. The fourth-order valence-corrected chi connectivity index (χ4v) is 2.37. The number of nitrogens with one attached hydrogen (secondary N) is 1. The molecule has 1 aliphatic rings. The number of morpholine rings is 1. The Balaban J connectivity index is 1.73. The van der Waals surface area contributed by atoms with Crippen molar-refractivity contribution in [1.82, 2.24) is 4.90 Å². The Kier molecular flexibility index (Phi) is 5.36. The third-order valence-corrected chi connectivity index (χ3v) is 3.64. The highest BCUT2D eigenvalue weighted by molar-refractivity contribution is 9.10. The SMILES string of the molecule is CC1CN(CCC(=O)Nc2ccc(Br)cc2)CCO1. The summed E-state index contributed by atoms with van der Waals surface area (Å²) in [6.45, 7) is 5.43. The van der Waals surface area contributed by atoms with Gasteiger partial charge in [-0.3, -0.25) is 9.69 Å². The second-order valence-electron chi connectivity index (χ2n) is 4.79. The highest BCUT2D eigenvalue weighted by Crippen LogP contribution is 2.14. The first-order valence-corrected chi connectivity index (χ1v) is 7.32. The molecule has 0 radical (unpaired) electrons. The summed E-state index contributed by atoms with van der Waals surface area (Å²) < 4.78 is 6.48. The standard InChI is InChI=1S/C14H19BrN2O2/c1-11-10-17(8-9-19-11)7-6-14(18)16-13-4-2-12(15)3-5-13/h2-5,11H,6-10H2,1H3,(H,16,18). The van der Waals surface area contributed by atoms with E-state index in [0.717, 1.165) is 36.4 Å². The molecule has 1 amide bonds. The second-order valence-corrected chi connectivity index (χ2v) is 5.70. The van der Waals surface area contributed by atoms with Gasteiger partial charge in [0.1, 0.15) is 0 Å². The number of halogens is 1. The Morgan fingerprint density at radius 3 is 2.89 bits per heavy atom. The molecule has 4 nitrogen and oxygen atoms in total. The molecule has 0 aromatic heterocycles. The van der Waals surface area contributed by atoms with Crippen LogP contribution in [0, 0.1) is 0 Å². The minimum absolute atomic E-state index is 0.0569. The maximum Gasteiger partial charge on any atom is 0.225 e. The van der Waals surface area contributed by atoms with E-state index in [4.69, 9.17) is 4.74 Å². The smallest absolute Gasteiger partial charge is 0.225 e. The van der Waals surface area contributed by atoms with Crippen molar-refractivity contribution in [3.8, 4) is 0 Å². The Morgan fingerprint density at radius 2 is 2.21 bits per heavy atom. The summed E-state index contributed by atoms with van der Waals surface area (Å²) in [7, 11) is 0. The fraction of sp³-hybridized carbons (Fsp3) is 0.500. The average molecular weight is 327 g/mol. The summed E-state index contributed by atoms with van der Waals surface area (Å²) >= 11 is 3.37. The van der Waals surface area contributed by atoms with Crippen LogP contribution in [0.1, 0.15) is 13.3 Å². The largest absolute Gasteiger partial charge is 0.376 e. The topological polar surface area (TPSA) is 41.6 Å². The summed E-state index contributed by atoms with van der Waals surface area (Å²) in [5.74, 6) is 0.0569. The highest BCUT2D eigenvalue weighted by atomic mass is 79.9. The quantitative estimate of drug-likeness (QED) is 0.924. The first-order valence-electron chi connectivity index (χ1n) is 6.53. The predicted octanol–water partition coefficient (Wildman–Crippen LogP) is 2.50. The van der Waals surface area contributed by atoms with E-state index in [1.165, 1.54) is 0 Å². The number of rotatable bonds is 4. The molecule has 1 N–H and O–H groups in total. The van der Waals surface area contributed by atoms with Gasteiger partial charge in [-0.15, -0.1) is 0 Å². The minimum Gasteiger partial charge on any atom is -0.376 e. The van der Waals surface area contributed by atoms with E-state index in [-0.39, 0.29) is 12.0 Å². The minimum atomic E-state index is 0.0569. The highest BCUT2D eigenvalue weighted by Gasteiger charge is 2.17. The number of amides is 1. The van der Waals surface area contributed by atoms with Crippen LogP contribution in [0.2, 0.25) is 0 Å². The van der Waals surface area contributed by atoms with Gasteiger partial charge in [0.05, 0.1) is 12.7 Å². The van der Waals surface area contributed by atoms with Crippen LogP contribution in [0.5, 0.6) is 0 Å². The van der Waals surface area contributed by atoms with E-state index in [9.17, 15) is 4.79 Å². The molecule has 19 heavy (non-hydrogen) atoms. The molecule has 0 aliphatic carbocycles. The van der Waals surface area contributed by atoms with Crippen molar-refractivity contribution >= 4 is 27.5 Å². The van der Waals surface area contributed by atoms with Gasteiger partial charge < -0.3 is 10.1 Å². The van der Waals surface area contributed by atoms with Gasteiger partial charge >= 0.3 is 0 Å². The molecule has 1 atom stereocenters. The van der Waals surface area contributed by atoms with Gasteiger partial charge in [0.15, 0.2) is 0 Å². The van der Waals surface area contributed by atoms with Crippen LogP contribution >= 0.6 is 15.9 Å². The van der Waals surface area contributed by atoms with Crippen molar-refractivity contribution in [2.75, 3.05) is 31.6 Å². The van der Waals surface area contributed by atoms with Crippen molar-refractivity contribution in [2.24, 2.45) is 0 Å². The molecule has 5 heteroatoms. The molecule has 1 fully saturated rings. The van der Waals surface area contributed by atoms with Gasteiger partial charge in [-0.2, -0.15) is 0 Å². The molecule has 1 heterocycles. The predicted molar refractivity (Wildman–Crippen MR) is 79.2 cm³/mol. The van der Waals surface area contributed by atoms with Crippen LogP contribution in [0.25, 0.3) is 0 Å². The number of benzene rings is 1. The monoisotopic (exact) mass is 326 g/mol. The van der Waals surface area contributed by atoms with Crippen molar-refractivity contribution in [1.29, 1.82) is 0 Å². The molecule has 0 bridgehead atoms. The van der Waals surface area contributed by atoms with Crippen molar-refractivity contribution < 1.29 is 9.53 Å². The summed E-state index contributed by atoms with van der Waals surface area (Å²) in [4.78, 5) is 14.1. The lowest BCUT2D eigenvalue weighted by molar-refractivity contribution is -0.117. The molecule has 2 rings (SSSR count). The third-order valence-electron chi connectivity index (χ3n) is 3.11. The van der Waals surface area contributed by atoms with E-state index in [1.54, 1.807) is 0 Å². The summed E-state index contributed by atoms with van der Waals surface area (Å²) in [6, 6.07) is 7.61. The Bertz CT molecular complexity index is 422. The van der Waals surface area contributed by atoms with Gasteiger partial charge in [-0.1, -0.05) is 15.9 Å². The number of hydrogen-bond acceptors (Lipinski definition) is 3. The molecular weight excluding hydrogens is 308 g/mol. The number of carbonyl (C=O) groups excluding carboxylic acids is 1. The van der Waals surface area contributed by atoms with Crippen LogP contribution in [0.3, 0.4) is 0 Å². The lowest BCUT2D eigenvalue weighted by Crippen LogP contribution is -2.42. The summed E-state index contributed by atoms with van der Waals surface area (Å²) in [6.07, 6.45) is 0.784. The first kappa shape index (κ1) is 14.5. The number of hydrogen-bond donors (Lipinski definition) is 1. The van der Waals surface area contributed by atoms with Crippen molar-refractivity contribution in [3.05, 3.63) is 28.7 Å². The van der Waals surface area contributed by atoms with Gasteiger partial charge in [0.2, 0.25) is 5.91 Å². The number of ether oxygens (including phenoxy) is 1. The van der Waals surface area contributed by atoms with Crippen LogP contribution in [-0.2, 0) is 9.53 Å². The summed E-state index contributed by atoms with van der Waals surface area (Å²) in [5.41, 5.74) is 0.837. The van der Waals surface area contributed by atoms with Gasteiger partial charge in [-0.05, 0) is 31.2 Å². The normalized spacial score (nSPS) is 20.2. The van der Waals surface area contributed by atoms with Crippen LogP contribution < -0.4 is 5.32 Å². The Labute approximate surface area is 122 Å². The Hall–Kier alpha value is -0.910. The van der Waals surface area contributed by atoms with Crippen LogP contribution in [-0.4, -0.2) is 43.2 Å². The van der Waals surface area contributed by atoms with E-state index < -0.39 is 0 Å². The fourth-order valence-electron chi connectivity index (χ4n) is 2.11. The molecule has 1 saturated heterocycles. The van der Waals surface area contributed by atoms with Gasteiger partial charge in [-0.25, -0.2) is 0 Å². The van der Waals surface area contributed by atoms with Gasteiger partial charge in [0, 0.05) is 36.2 Å². The summed E-state index contributed by atoms with van der Waals surface area (Å²) in [5, 5.41) is 2.90. The maximum absolute atomic E-state index is 11.8. The number of anilines is 1. The maximum atomic E-state index is 11.8. The number of nitrogens with zero attached hydrogens (tertiary/aromatic N) is 1. The van der Waals surface area contributed by atoms with E-state index in [1.807, 2.05) is 24.3 Å². The van der Waals surface area contributed by atoms with Crippen LogP contribution in [0.4, 0.5) is 5.69 Å². The molecule has 0 saturated carbocycles. The molecule has 1 aromatic rings. The zero-order valence-electron chi connectivity index (χ0n) is 11.1. The van der Waals surface area contributed by atoms with Crippen molar-refractivity contribution in [3.63, 3.8) is 0 Å². The second kappa shape index (κ2) is 7.03. The zero-order valence-corrected chi connectivity index (χ0v) is 12.6. The lowest BCUT2D eigenvalue weighted by atomic mass is 10.2. The van der Waals surface area contributed by atoms with Gasteiger partial charge in [0.25, 0.3) is 0 Å². The first-order chi connectivity index (χ1) is 9.13. The van der Waals surface area contributed by atoms with Crippen LogP contribution in [0.15, 0.2) is 28.7 Å². The molecule has 1 aliphatic heterocycles. The number of carbonyl (C=O) groups is 1. The van der Waals surface area contributed by atoms with E-state index in [2.05, 4.69) is 33.1 Å². The average Bonchev–Trinajstić information content (AvgIpc) is 2.39. The Morgan fingerprint density at radius 1 is 1.47 bits per heavy atom. The third kappa shape index (κ3) is 4.93. The van der Waals surface area contributed by atoms with E-state index in [0.29, 0.717) is 6.42 Å². The molecular formula is C14H19BrN2O2. The lowest BCUT2D eigenvalue weighted by Gasteiger charge is -2.30. The molecule has 1 unspecified atom stereocenters. The zero-order chi connectivity index (χ0) is 13.7. The molecule has 104 valence electrons. The van der Waals surface area contributed by atoms with E-state index >= 15 is 0 Å².